The van der Waals surface area contributed by atoms with Gasteiger partial charge in [-0.15, -0.1) is 0 Å². The number of rotatable bonds is 4. The molecule has 18 heavy (non-hydrogen) atoms. The highest BCUT2D eigenvalue weighted by molar-refractivity contribution is 5.53. The summed E-state index contributed by atoms with van der Waals surface area (Å²) in [5, 5.41) is 12.3. The maximum atomic E-state index is 8.95. The Morgan fingerprint density at radius 2 is 2.39 bits per heavy atom. The van der Waals surface area contributed by atoms with E-state index in [9.17, 15) is 0 Å². The molecule has 1 aliphatic rings. The predicted octanol–water partition coefficient (Wildman–Crippen LogP) is 3.58. The van der Waals surface area contributed by atoms with Crippen LogP contribution in [0.15, 0.2) is 18.3 Å². The van der Waals surface area contributed by atoms with Crippen LogP contribution >= 0.6 is 0 Å². The van der Waals surface area contributed by atoms with Crippen LogP contribution in [0.1, 0.15) is 44.7 Å². The highest BCUT2D eigenvalue weighted by Gasteiger charge is 2.18. The second-order valence-corrected chi connectivity index (χ2v) is 5.36. The van der Waals surface area contributed by atoms with Crippen molar-refractivity contribution in [3.63, 3.8) is 0 Å². The zero-order valence-corrected chi connectivity index (χ0v) is 11.0. The zero-order chi connectivity index (χ0) is 12.8. The van der Waals surface area contributed by atoms with Crippen LogP contribution in [0.3, 0.4) is 0 Å². The monoisotopic (exact) mass is 243 g/mol. The van der Waals surface area contributed by atoms with Crippen LogP contribution in [0.2, 0.25) is 0 Å². The molecule has 1 fully saturated rings. The fourth-order valence-corrected chi connectivity index (χ4v) is 2.87. The maximum Gasteiger partial charge on any atom is 0.163 e. The Hall–Kier alpha value is -1.56. The van der Waals surface area contributed by atoms with Crippen molar-refractivity contribution in [2.45, 2.75) is 39.0 Å². The fraction of sp³-hybridized carbons (Fsp3) is 0.600. The van der Waals surface area contributed by atoms with Crippen LogP contribution in [-0.4, -0.2) is 11.5 Å². The Kier molecular flexibility index (Phi) is 4.58. The Morgan fingerprint density at radius 3 is 3.17 bits per heavy atom. The Bertz CT molecular complexity index is 422. The van der Waals surface area contributed by atoms with Gasteiger partial charge in [-0.3, -0.25) is 0 Å². The Balaban J connectivity index is 1.80. The lowest BCUT2D eigenvalue weighted by atomic mass is 9.81. The van der Waals surface area contributed by atoms with Crippen molar-refractivity contribution >= 4 is 5.69 Å². The quantitative estimate of drug-likeness (QED) is 0.879. The SMILES string of the molecule is CC1CCCC(CCNc2cccnc2C#N)C1. The van der Waals surface area contributed by atoms with E-state index in [4.69, 9.17) is 5.26 Å². The molecule has 0 spiro atoms. The summed E-state index contributed by atoms with van der Waals surface area (Å²) in [7, 11) is 0. The normalized spacial score (nSPS) is 23.3. The standard InChI is InChI=1S/C15H21N3/c1-12-4-2-5-13(10-12)7-9-18-14-6-3-8-17-15(14)11-16/h3,6,8,12-13,18H,2,4-5,7,9-10H2,1H3. The largest absolute Gasteiger partial charge is 0.383 e. The van der Waals surface area contributed by atoms with Crippen molar-refractivity contribution in [3.8, 4) is 6.07 Å². The minimum atomic E-state index is 0.495. The first-order chi connectivity index (χ1) is 8.79. The van der Waals surface area contributed by atoms with Crippen LogP contribution < -0.4 is 5.32 Å². The van der Waals surface area contributed by atoms with E-state index in [0.717, 1.165) is 24.1 Å². The van der Waals surface area contributed by atoms with E-state index in [1.807, 2.05) is 12.1 Å². The number of anilines is 1. The summed E-state index contributed by atoms with van der Waals surface area (Å²) in [4.78, 5) is 4.05. The smallest absolute Gasteiger partial charge is 0.163 e. The highest BCUT2D eigenvalue weighted by atomic mass is 14.9. The van der Waals surface area contributed by atoms with Gasteiger partial charge in [0.25, 0.3) is 0 Å². The van der Waals surface area contributed by atoms with Gasteiger partial charge in [-0.25, -0.2) is 4.98 Å². The summed E-state index contributed by atoms with van der Waals surface area (Å²) in [6.07, 6.45) is 8.36. The van der Waals surface area contributed by atoms with Crippen molar-refractivity contribution in [2.24, 2.45) is 11.8 Å². The molecule has 0 aromatic carbocycles. The summed E-state index contributed by atoms with van der Waals surface area (Å²) in [5.41, 5.74) is 1.36. The second kappa shape index (κ2) is 6.39. The van der Waals surface area contributed by atoms with Gasteiger partial charge in [-0.2, -0.15) is 5.26 Å². The van der Waals surface area contributed by atoms with Gasteiger partial charge in [0, 0.05) is 12.7 Å². The van der Waals surface area contributed by atoms with Gasteiger partial charge in [-0.05, 0) is 36.8 Å². The summed E-state index contributed by atoms with van der Waals surface area (Å²) in [5.74, 6) is 1.74. The topological polar surface area (TPSA) is 48.7 Å². The van der Waals surface area contributed by atoms with Crippen molar-refractivity contribution in [1.29, 1.82) is 5.26 Å². The van der Waals surface area contributed by atoms with E-state index in [0.29, 0.717) is 5.69 Å². The average Bonchev–Trinajstić information content (AvgIpc) is 2.39. The molecule has 1 aromatic rings. The third-order valence-electron chi connectivity index (χ3n) is 3.83. The lowest BCUT2D eigenvalue weighted by Crippen LogP contribution is -2.16. The maximum absolute atomic E-state index is 8.95. The summed E-state index contributed by atoms with van der Waals surface area (Å²) in [6.45, 7) is 3.30. The van der Waals surface area contributed by atoms with Gasteiger partial charge >= 0.3 is 0 Å². The molecule has 0 saturated heterocycles. The number of hydrogen-bond donors (Lipinski definition) is 1. The molecule has 1 aromatic heterocycles. The molecule has 1 heterocycles. The van der Waals surface area contributed by atoms with Gasteiger partial charge in [0.1, 0.15) is 6.07 Å². The van der Waals surface area contributed by atoms with Gasteiger partial charge < -0.3 is 5.32 Å². The van der Waals surface area contributed by atoms with Crippen molar-refractivity contribution in [1.82, 2.24) is 4.98 Å². The number of hydrogen-bond acceptors (Lipinski definition) is 3. The molecule has 1 saturated carbocycles. The first-order valence-electron chi connectivity index (χ1n) is 6.88. The van der Waals surface area contributed by atoms with Crippen molar-refractivity contribution < 1.29 is 0 Å². The Morgan fingerprint density at radius 1 is 1.50 bits per heavy atom. The lowest BCUT2D eigenvalue weighted by molar-refractivity contribution is 0.274. The van der Waals surface area contributed by atoms with Crippen LogP contribution in [0.5, 0.6) is 0 Å². The molecule has 0 aliphatic heterocycles. The average molecular weight is 243 g/mol. The number of pyridine rings is 1. The van der Waals surface area contributed by atoms with E-state index in [2.05, 4.69) is 23.3 Å². The first kappa shape index (κ1) is 12.9. The Labute approximate surface area is 109 Å². The van der Waals surface area contributed by atoms with Crippen LogP contribution in [0.25, 0.3) is 0 Å². The van der Waals surface area contributed by atoms with E-state index in [-0.39, 0.29) is 0 Å². The molecule has 0 bridgehead atoms. The minimum absolute atomic E-state index is 0.495. The molecular weight excluding hydrogens is 222 g/mol. The second-order valence-electron chi connectivity index (χ2n) is 5.36. The third-order valence-corrected chi connectivity index (χ3v) is 3.83. The molecule has 1 aliphatic carbocycles. The van der Waals surface area contributed by atoms with E-state index < -0.39 is 0 Å². The molecule has 3 nitrogen and oxygen atoms in total. The zero-order valence-electron chi connectivity index (χ0n) is 11.0. The molecule has 96 valence electrons. The molecule has 3 heteroatoms. The van der Waals surface area contributed by atoms with Crippen LogP contribution in [0, 0.1) is 23.2 Å². The predicted molar refractivity (Wildman–Crippen MR) is 73.2 cm³/mol. The lowest BCUT2D eigenvalue weighted by Gasteiger charge is -2.26. The minimum Gasteiger partial charge on any atom is -0.383 e. The molecule has 0 radical (unpaired) electrons. The third kappa shape index (κ3) is 3.46. The molecule has 2 unspecified atom stereocenters. The van der Waals surface area contributed by atoms with Gasteiger partial charge in [0.05, 0.1) is 5.69 Å². The van der Waals surface area contributed by atoms with Crippen LogP contribution in [-0.2, 0) is 0 Å². The molecule has 2 atom stereocenters. The molecule has 2 rings (SSSR count). The van der Waals surface area contributed by atoms with Gasteiger partial charge in [0.2, 0.25) is 0 Å². The van der Waals surface area contributed by atoms with E-state index in [1.165, 1.54) is 32.1 Å². The summed E-state index contributed by atoms with van der Waals surface area (Å²) in [6, 6.07) is 5.91. The van der Waals surface area contributed by atoms with Gasteiger partial charge in [0.15, 0.2) is 5.69 Å². The van der Waals surface area contributed by atoms with Crippen molar-refractivity contribution in [3.05, 3.63) is 24.0 Å². The number of nitrogens with one attached hydrogen (secondary N) is 1. The van der Waals surface area contributed by atoms with E-state index >= 15 is 0 Å². The summed E-state index contributed by atoms with van der Waals surface area (Å²) < 4.78 is 0. The van der Waals surface area contributed by atoms with E-state index in [1.54, 1.807) is 6.20 Å². The number of aromatic nitrogens is 1. The van der Waals surface area contributed by atoms with Crippen LogP contribution in [0.4, 0.5) is 5.69 Å². The van der Waals surface area contributed by atoms with Crippen molar-refractivity contribution in [2.75, 3.05) is 11.9 Å². The molecule has 1 N–H and O–H groups in total. The highest BCUT2D eigenvalue weighted by Crippen LogP contribution is 2.30. The summed E-state index contributed by atoms with van der Waals surface area (Å²) >= 11 is 0. The number of nitriles is 1. The fourth-order valence-electron chi connectivity index (χ4n) is 2.87. The first-order valence-corrected chi connectivity index (χ1v) is 6.88. The number of nitrogens with zero attached hydrogens (tertiary/aromatic N) is 2. The molecular formula is C15H21N3. The van der Waals surface area contributed by atoms with Gasteiger partial charge in [-0.1, -0.05) is 26.2 Å². The molecule has 0 amide bonds.